The van der Waals surface area contributed by atoms with Crippen molar-refractivity contribution < 1.29 is 15.0 Å². The van der Waals surface area contributed by atoms with Gasteiger partial charge in [-0.2, -0.15) is 0 Å². The number of nitrogens with two attached hydrogens (primary N) is 1. The molecule has 1 atom stereocenters. The number of hydrogen-bond acceptors (Lipinski definition) is 3. The molecular weight excluding hydrogens is 182 g/mol. The smallest absolute Gasteiger partial charge is 0.339 e. The van der Waals surface area contributed by atoms with Crippen LogP contribution < -0.4 is 5.73 Å². The Bertz CT molecular complexity index is 372. The van der Waals surface area contributed by atoms with Gasteiger partial charge in [0, 0.05) is 11.6 Å². The molecule has 4 heteroatoms. The van der Waals surface area contributed by atoms with Crippen molar-refractivity contribution in [3.05, 3.63) is 28.8 Å². The number of aromatic carboxylic acids is 1. The van der Waals surface area contributed by atoms with Crippen LogP contribution in [0, 0.1) is 6.92 Å². The molecule has 0 heterocycles. The van der Waals surface area contributed by atoms with Crippen LogP contribution >= 0.6 is 0 Å². The number of aromatic hydroxyl groups is 1. The number of carbonyl (C=O) groups is 1. The third-order valence-electron chi connectivity index (χ3n) is 2.00. The number of carboxylic acids is 1. The Hall–Kier alpha value is -1.55. The zero-order valence-corrected chi connectivity index (χ0v) is 8.11. The van der Waals surface area contributed by atoms with Crippen molar-refractivity contribution in [1.82, 2.24) is 0 Å². The van der Waals surface area contributed by atoms with Crippen LogP contribution in [0.15, 0.2) is 12.1 Å². The summed E-state index contributed by atoms with van der Waals surface area (Å²) in [6.07, 6.45) is 0. The Morgan fingerprint density at radius 2 is 2.07 bits per heavy atom. The number of benzene rings is 1. The van der Waals surface area contributed by atoms with E-state index < -0.39 is 5.97 Å². The molecule has 76 valence electrons. The van der Waals surface area contributed by atoms with Crippen molar-refractivity contribution in [2.24, 2.45) is 5.73 Å². The third-order valence-corrected chi connectivity index (χ3v) is 2.00. The number of carboxylic acid groups (broad SMARTS) is 1. The summed E-state index contributed by atoms with van der Waals surface area (Å²) in [5.74, 6) is -1.38. The Balaban J connectivity index is 3.40. The molecule has 0 spiro atoms. The van der Waals surface area contributed by atoms with Crippen LogP contribution in [0.4, 0.5) is 0 Å². The van der Waals surface area contributed by atoms with Gasteiger partial charge < -0.3 is 15.9 Å². The number of hydrogen-bond donors (Lipinski definition) is 3. The van der Waals surface area contributed by atoms with Crippen LogP contribution in [0.2, 0.25) is 0 Å². The van der Waals surface area contributed by atoms with Crippen LogP contribution in [0.5, 0.6) is 5.75 Å². The summed E-state index contributed by atoms with van der Waals surface area (Å²) >= 11 is 0. The third kappa shape index (κ3) is 1.85. The number of phenols is 1. The topological polar surface area (TPSA) is 83.5 Å². The fraction of sp³-hybridized carbons (Fsp3) is 0.300. The summed E-state index contributed by atoms with van der Waals surface area (Å²) in [5.41, 5.74) is 6.73. The molecule has 0 bridgehead atoms. The van der Waals surface area contributed by atoms with Gasteiger partial charge in [-0.05, 0) is 25.5 Å². The monoisotopic (exact) mass is 195 g/mol. The highest BCUT2D eigenvalue weighted by atomic mass is 16.4. The summed E-state index contributed by atoms with van der Waals surface area (Å²) in [6, 6.07) is 2.73. The van der Waals surface area contributed by atoms with Crippen molar-refractivity contribution >= 4 is 5.97 Å². The number of rotatable bonds is 2. The molecule has 1 aromatic carbocycles. The average molecular weight is 195 g/mol. The molecule has 0 aromatic heterocycles. The van der Waals surface area contributed by atoms with E-state index in [1.165, 1.54) is 6.07 Å². The van der Waals surface area contributed by atoms with Crippen LogP contribution in [0.25, 0.3) is 0 Å². The molecular formula is C10H13NO3. The zero-order valence-electron chi connectivity index (χ0n) is 8.11. The minimum absolute atomic E-state index is 0.0997. The van der Waals surface area contributed by atoms with E-state index >= 15 is 0 Å². The van der Waals surface area contributed by atoms with Gasteiger partial charge in [0.1, 0.15) is 11.3 Å². The molecule has 0 amide bonds. The summed E-state index contributed by atoms with van der Waals surface area (Å²) in [6.45, 7) is 3.46. The van der Waals surface area contributed by atoms with Gasteiger partial charge in [0.15, 0.2) is 0 Å². The zero-order chi connectivity index (χ0) is 10.9. The highest BCUT2D eigenvalue weighted by Gasteiger charge is 2.16. The van der Waals surface area contributed by atoms with Crippen molar-refractivity contribution in [2.45, 2.75) is 19.9 Å². The molecule has 14 heavy (non-hydrogen) atoms. The minimum atomic E-state index is -1.15. The molecule has 4 N–H and O–H groups in total. The Labute approximate surface area is 82.0 Å². The second-order valence-corrected chi connectivity index (χ2v) is 3.34. The first-order valence-electron chi connectivity index (χ1n) is 4.26. The maximum absolute atomic E-state index is 10.7. The molecule has 0 fully saturated rings. The largest absolute Gasteiger partial charge is 0.507 e. The lowest BCUT2D eigenvalue weighted by Crippen LogP contribution is -2.08. The van der Waals surface area contributed by atoms with Gasteiger partial charge in [0.2, 0.25) is 0 Å². The van der Waals surface area contributed by atoms with Crippen LogP contribution in [0.3, 0.4) is 0 Å². The van der Waals surface area contributed by atoms with E-state index in [9.17, 15) is 9.90 Å². The highest BCUT2D eigenvalue weighted by Crippen LogP contribution is 2.28. The normalized spacial score (nSPS) is 12.5. The SMILES string of the molecule is Cc1cc(C(=O)O)c(O)c(C(C)N)c1. The Kier molecular flexibility index (Phi) is 2.76. The summed E-state index contributed by atoms with van der Waals surface area (Å²) in [4.78, 5) is 10.7. The van der Waals surface area contributed by atoms with Crippen molar-refractivity contribution in [2.75, 3.05) is 0 Å². The van der Waals surface area contributed by atoms with Gasteiger partial charge in [-0.3, -0.25) is 0 Å². The van der Waals surface area contributed by atoms with Crippen molar-refractivity contribution in [3.63, 3.8) is 0 Å². The van der Waals surface area contributed by atoms with Gasteiger partial charge in [-0.25, -0.2) is 4.79 Å². The van der Waals surface area contributed by atoms with E-state index in [1.807, 2.05) is 0 Å². The van der Waals surface area contributed by atoms with E-state index in [0.29, 0.717) is 5.56 Å². The van der Waals surface area contributed by atoms with Crippen LogP contribution in [-0.4, -0.2) is 16.2 Å². The second kappa shape index (κ2) is 3.67. The summed E-state index contributed by atoms with van der Waals surface area (Å²) < 4.78 is 0. The molecule has 1 rings (SSSR count). The van der Waals surface area contributed by atoms with Crippen molar-refractivity contribution in [3.8, 4) is 5.75 Å². The molecule has 4 nitrogen and oxygen atoms in total. The molecule has 0 saturated heterocycles. The first-order chi connectivity index (χ1) is 6.43. The molecule has 0 aliphatic carbocycles. The van der Waals surface area contributed by atoms with E-state index in [0.717, 1.165) is 5.56 Å². The van der Waals surface area contributed by atoms with Crippen LogP contribution in [0.1, 0.15) is 34.5 Å². The van der Waals surface area contributed by atoms with E-state index in [1.54, 1.807) is 19.9 Å². The lowest BCUT2D eigenvalue weighted by molar-refractivity contribution is 0.0693. The lowest BCUT2D eigenvalue weighted by atomic mass is 10.0. The van der Waals surface area contributed by atoms with Gasteiger partial charge in [-0.15, -0.1) is 0 Å². The first kappa shape index (κ1) is 10.5. The first-order valence-corrected chi connectivity index (χ1v) is 4.26. The lowest BCUT2D eigenvalue weighted by Gasteiger charge is -2.11. The van der Waals surface area contributed by atoms with Crippen LogP contribution in [-0.2, 0) is 0 Å². The second-order valence-electron chi connectivity index (χ2n) is 3.34. The average Bonchev–Trinajstić information content (AvgIpc) is 2.07. The van der Waals surface area contributed by atoms with E-state index in [-0.39, 0.29) is 17.4 Å². The molecule has 1 unspecified atom stereocenters. The minimum Gasteiger partial charge on any atom is -0.507 e. The Morgan fingerprint density at radius 3 is 2.50 bits per heavy atom. The van der Waals surface area contributed by atoms with Crippen molar-refractivity contribution in [1.29, 1.82) is 0 Å². The molecule has 1 aromatic rings. The molecule has 0 aliphatic heterocycles. The number of aryl methyl sites for hydroxylation is 1. The Morgan fingerprint density at radius 1 is 1.50 bits per heavy atom. The highest BCUT2D eigenvalue weighted by molar-refractivity contribution is 5.91. The van der Waals surface area contributed by atoms with Gasteiger partial charge in [0.25, 0.3) is 0 Å². The summed E-state index contributed by atoms with van der Waals surface area (Å²) in [7, 11) is 0. The quantitative estimate of drug-likeness (QED) is 0.666. The molecule has 0 aliphatic rings. The standard InChI is InChI=1S/C10H13NO3/c1-5-3-7(6(2)11)9(12)8(4-5)10(13)14/h3-4,6,12H,11H2,1-2H3,(H,13,14). The van der Waals surface area contributed by atoms with E-state index in [2.05, 4.69) is 0 Å². The fourth-order valence-electron chi connectivity index (χ4n) is 1.32. The van der Waals surface area contributed by atoms with E-state index in [4.69, 9.17) is 10.8 Å². The maximum Gasteiger partial charge on any atom is 0.339 e. The van der Waals surface area contributed by atoms with Gasteiger partial charge in [0.05, 0.1) is 0 Å². The predicted molar refractivity (Wildman–Crippen MR) is 52.4 cm³/mol. The van der Waals surface area contributed by atoms with Gasteiger partial charge in [-0.1, -0.05) is 6.07 Å². The molecule has 0 saturated carbocycles. The fourth-order valence-corrected chi connectivity index (χ4v) is 1.32. The van der Waals surface area contributed by atoms with Gasteiger partial charge >= 0.3 is 5.97 Å². The maximum atomic E-state index is 10.7. The summed E-state index contributed by atoms with van der Waals surface area (Å²) in [5, 5.41) is 18.4. The molecule has 0 radical (unpaired) electrons. The predicted octanol–water partition coefficient (Wildman–Crippen LogP) is 1.42.